The van der Waals surface area contributed by atoms with E-state index in [1.54, 1.807) is 19.1 Å². The number of rotatable bonds is 6. The van der Waals surface area contributed by atoms with Gasteiger partial charge in [-0.25, -0.2) is 5.43 Å². The Kier molecular flexibility index (Phi) is 7.63. The van der Waals surface area contributed by atoms with Gasteiger partial charge in [0.05, 0.1) is 17.1 Å². The first-order valence-electron chi connectivity index (χ1n) is 11.3. The number of amides is 3. The summed E-state index contributed by atoms with van der Waals surface area (Å²) in [5, 5.41) is 15.2. The van der Waals surface area contributed by atoms with E-state index in [-0.39, 0.29) is 34.4 Å². The van der Waals surface area contributed by atoms with Crippen LogP contribution in [0.15, 0.2) is 58.0 Å². The van der Waals surface area contributed by atoms with Crippen molar-refractivity contribution in [2.24, 2.45) is 5.10 Å². The molecule has 0 saturated heterocycles. The largest absolute Gasteiger partial charge is 0.455 e. The molecular weight excluding hydrogens is 502 g/mol. The fourth-order valence-corrected chi connectivity index (χ4v) is 4.17. The van der Waals surface area contributed by atoms with Gasteiger partial charge >= 0.3 is 5.91 Å². The van der Waals surface area contributed by atoms with Gasteiger partial charge in [-0.1, -0.05) is 41.9 Å². The Bertz CT molecular complexity index is 1420. The predicted octanol–water partition coefficient (Wildman–Crippen LogP) is 3.62. The van der Waals surface area contributed by atoms with Crippen molar-refractivity contribution in [2.45, 2.75) is 32.6 Å². The average molecular weight is 524 g/mol. The molecule has 3 aromatic rings. The molecule has 0 fully saturated rings. The van der Waals surface area contributed by atoms with Crippen LogP contribution in [0.5, 0.6) is 0 Å². The fraction of sp³-hybridized carbons (Fsp3) is 0.200. The van der Waals surface area contributed by atoms with Crippen molar-refractivity contribution in [3.05, 3.63) is 97.4 Å². The molecule has 0 aliphatic heterocycles. The van der Waals surface area contributed by atoms with Gasteiger partial charge in [-0.2, -0.15) is 5.10 Å². The Hall–Kier alpha value is -4.51. The second-order valence-corrected chi connectivity index (χ2v) is 8.70. The number of nitrogens with one attached hydrogen (secondary N) is 3. The number of nitrogens with zero attached hydrogens (tertiary/aromatic N) is 2. The van der Waals surface area contributed by atoms with Gasteiger partial charge < -0.3 is 4.42 Å². The number of halogens is 1. The maximum atomic E-state index is 12.7. The summed E-state index contributed by atoms with van der Waals surface area (Å²) in [6.45, 7) is 1.69. The van der Waals surface area contributed by atoms with Crippen molar-refractivity contribution in [3.63, 3.8) is 0 Å². The standard InChI is InChI=1S/C25H22ClN5O6/c1-14-22-18(27-29-24(33)16-10-11-17(26)19(13-16)31(35)36)8-5-9-20(22)37-23(14)25(34)30-28-21(32)12-15-6-3-2-4-7-15/h2-4,6-7,10-11,13H,5,8-9,12H2,1H3,(H,28,32)(H,29,33)(H,30,34)/b27-18+. The van der Waals surface area contributed by atoms with Crippen molar-refractivity contribution in [3.8, 4) is 0 Å². The number of nitro groups is 1. The average Bonchev–Trinajstić information content (AvgIpc) is 3.23. The lowest BCUT2D eigenvalue weighted by atomic mass is 9.93. The topological polar surface area (TPSA) is 156 Å². The predicted molar refractivity (Wildman–Crippen MR) is 134 cm³/mol. The Labute approximate surface area is 216 Å². The van der Waals surface area contributed by atoms with Crippen LogP contribution in [0.4, 0.5) is 5.69 Å². The minimum Gasteiger partial charge on any atom is -0.455 e. The zero-order valence-electron chi connectivity index (χ0n) is 19.7. The number of benzene rings is 2. The Morgan fingerprint density at radius 1 is 1.08 bits per heavy atom. The van der Waals surface area contributed by atoms with Gasteiger partial charge in [-0.05, 0) is 37.5 Å². The highest BCUT2D eigenvalue weighted by Gasteiger charge is 2.28. The second-order valence-electron chi connectivity index (χ2n) is 8.30. The first kappa shape index (κ1) is 25.6. The summed E-state index contributed by atoms with van der Waals surface area (Å²) in [6.07, 6.45) is 1.86. The Morgan fingerprint density at radius 3 is 2.57 bits per heavy atom. The van der Waals surface area contributed by atoms with Crippen LogP contribution in [-0.2, 0) is 17.6 Å². The van der Waals surface area contributed by atoms with E-state index >= 15 is 0 Å². The van der Waals surface area contributed by atoms with E-state index in [2.05, 4.69) is 21.4 Å². The summed E-state index contributed by atoms with van der Waals surface area (Å²) in [5.41, 5.74) is 9.21. The van der Waals surface area contributed by atoms with Crippen molar-refractivity contribution in [1.29, 1.82) is 0 Å². The number of furan rings is 1. The van der Waals surface area contributed by atoms with Crippen LogP contribution in [-0.4, -0.2) is 28.4 Å². The maximum Gasteiger partial charge on any atom is 0.305 e. The fourth-order valence-electron chi connectivity index (χ4n) is 3.98. The van der Waals surface area contributed by atoms with Crippen molar-refractivity contribution >= 4 is 40.7 Å². The van der Waals surface area contributed by atoms with Crippen LogP contribution >= 0.6 is 11.6 Å². The second kappa shape index (κ2) is 11.0. The highest BCUT2D eigenvalue weighted by molar-refractivity contribution is 6.32. The number of hydrazone groups is 1. The number of hydrogen-bond donors (Lipinski definition) is 3. The van der Waals surface area contributed by atoms with Crippen LogP contribution in [0.2, 0.25) is 5.02 Å². The van der Waals surface area contributed by atoms with Gasteiger partial charge in [-0.15, -0.1) is 0 Å². The Morgan fingerprint density at radius 2 is 1.84 bits per heavy atom. The van der Waals surface area contributed by atoms with E-state index in [0.29, 0.717) is 41.9 Å². The monoisotopic (exact) mass is 523 g/mol. The van der Waals surface area contributed by atoms with Gasteiger partial charge in [0.15, 0.2) is 5.76 Å². The number of nitro benzene ring substituents is 1. The SMILES string of the molecule is Cc1c(C(=O)NNC(=O)Cc2ccccc2)oc2c1/C(=N/NC(=O)c1ccc(Cl)c([N+](=O)[O-])c1)CCC2. The van der Waals surface area contributed by atoms with Gasteiger partial charge in [0.1, 0.15) is 10.8 Å². The highest BCUT2D eigenvalue weighted by atomic mass is 35.5. The minimum absolute atomic E-state index is 0.0201. The molecule has 190 valence electrons. The highest BCUT2D eigenvalue weighted by Crippen LogP contribution is 2.30. The van der Waals surface area contributed by atoms with Gasteiger partial charge in [-0.3, -0.25) is 35.3 Å². The first-order valence-corrected chi connectivity index (χ1v) is 11.7. The molecule has 0 saturated carbocycles. The van der Waals surface area contributed by atoms with E-state index in [9.17, 15) is 24.5 Å². The Balaban J connectivity index is 1.46. The zero-order valence-corrected chi connectivity index (χ0v) is 20.4. The molecule has 0 radical (unpaired) electrons. The molecule has 1 aliphatic rings. The summed E-state index contributed by atoms with van der Waals surface area (Å²) in [6, 6.07) is 12.8. The number of aryl methyl sites for hydroxylation is 1. The summed E-state index contributed by atoms with van der Waals surface area (Å²) in [5.74, 6) is -1.09. The number of hydrogen-bond acceptors (Lipinski definition) is 7. The maximum absolute atomic E-state index is 12.7. The molecule has 1 heterocycles. The summed E-state index contributed by atoms with van der Waals surface area (Å²) in [4.78, 5) is 47.9. The molecule has 0 unspecified atom stereocenters. The number of fused-ring (bicyclic) bond motifs is 1. The third-order valence-electron chi connectivity index (χ3n) is 5.75. The number of carbonyl (C=O) groups excluding carboxylic acids is 3. The minimum atomic E-state index is -0.677. The third-order valence-corrected chi connectivity index (χ3v) is 6.07. The number of carbonyl (C=O) groups is 3. The molecular formula is C25H22ClN5O6. The van der Waals surface area contributed by atoms with E-state index in [1.807, 2.05) is 18.2 Å². The lowest BCUT2D eigenvalue weighted by Crippen LogP contribution is -2.42. The van der Waals surface area contributed by atoms with Gasteiger partial charge in [0.2, 0.25) is 5.91 Å². The molecule has 4 rings (SSSR count). The van der Waals surface area contributed by atoms with Crippen LogP contribution in [0.3, 0.4) is 0 Å². The smallest absolute Gasteiger partial charge is 0.305 e. The van der Waals surface area contributed by atoms with E-state index in [0.717, 1.165) is 11.6 Å². The molecule has 1 aliphatic carbocycles. The molecule has 3 amide bonds. The molecule has 11 nitrogen and oxygen atoms in total. The molecule has 0 spiro atoms. The van der Waals surface area contributed by atoms with E-state index in [4.69, 9.17) is 16.0 Å². The molecule has 1 aromatic heterocycles. The van der Waals surface area contributed by atoms with Gasteiger partial charge in [0, 0.05) is 29.2 Å². The number of hydrazine groups is 1. The van der Waals surface area contributed by atoms with Gasteiger partial charge in [0.25, 0.3) is 11.6 Å². The summed E-state index contributed by atoms with van der Waals surface area (Å²) in [7, 11) is 0. The molecule has 37 heavy (non-hydrogen) atoms. The summed E-state index contributed by atoms with van der Waals surface area (Å²) >= 11 is 5.81. The quantitative estimate of drug-likeness (QED) is 0.331. The first-order chi connectivity index (χ1) is 17.7. The van der Waals surface area contributed by atoms with Crippen LogP contribution in [0.1, 0.15) is 56.2 Å². The third kappa shape index (κ3) is 5.84. The van der Waals surface area contributed by atoms with Crippen molar-refractivity contribution < 1.29 is 23.7 Å². The summed E-state index contributed by atoms with van der Waals surface area (Å²) < 4.78 is 5.78. The molecule has 2 aromatic carbocycles. The molecule has 3 N–H and O–H groups in total. The molecule has 0 bridgehead atoms. The molecule has 0 atom stereocenters. The molecule has 12 heteroatoms. The normalized spacial score (nSPS) is 13.5. The van der Waals surface area contributed by atoms with Crippen molar-refractivity contribution in [2.75, 3.05) is 0 Å². The zero-order chi connectivity index (χ0) is 26.5. The van der Waals surface area contributed by atoms with Crippen molar-refractivity contribution in [1.82, 2.24) is 16.3 Å². The van der Waals surface area contributed by atoms with Crippen LogP contribution in [0, 0.1) is 17.0 Å². The lowest BCUT2D eigenvalue weighted by molar-refractivity contribution is -0.384. The van der Waals surface area contributed by atoms with Crippen LogP contribution < -0.4 is 16.3 Å². The lowest BCUT2D eigenvalue weighted by Gasteiger charge is -2.13. The van der Waals surface area contributed by atoms with E-state index < -0.39 is 16.7 Å². The van der Waals surface area contributed by atoms with Crippen LogP contribution in [0.25, 0.3) is 0 Å². The van der Waals surface area contributed by atoms with E-state index in [1.165, 1.54) is 12.1 Å².